The van der Waals surface area contributed by atoms with Crippen LogP contribution in [0.5, 0.6) is 0 Å². The molecule has 2 heterocycles. The number of piperazine rings is 1. The minimum atomic E-state index is -0.893. The average molecular weight is 294 g/mol. The lowest BCUT2D eigenvalue weighted by molar-refractivity contribution is -0.131. The summed E-state index contributed by atoms with van der Waals surface area (Å²) in [7, 11) is 0. The van der Waals surface area contributed by atoms with Crippen molar-refractivity contribution >= 4 is 23.4 Å². The van der Waals surface area contributed by atoms with E-state index in [1.807, 2.05) is 11.4 Å². The third kappa shape index (κ3) is 4.44. The second-order valence-electron chi connectivity index (χ2n) is 5.09. The summed E-state index contributed by atoms with van der Waals surface area (Å²) in [6, 6.07) is 1.99. The van der Waals surface area contributed by atoms with Crippen LogP contribution in [0, 0.1) is 0 Å². The van der Waals surface area contributed by atoms with Crippen LogP contribution in [0.25, 0.3) is 6.08 Å². The number of thiophene rings is 1. The zero-order chi connectivity index (χ0) is 14.4. The Labute approximate surface area is 124 Å². The summed E-state index contributed by atoms with van der Waals surface area (Å²) in [6.45, 7) is 8.81. The minimum absolute atomic E-state index is 0.893. The molecule has 5 heteroatoms. The van der Waals surface area contributed by atoms with Crippen LogP contribution in [-0.4, -0.2) is 53.6 Å². The van der Waals surface area contributed by atoms with Gasteiger partial charge in [0.25, 0.3) is 0 Å². The Morgan fingerprint density at radius 3 is 2.70 bits per heavy atom. The molecule has 4 nitrogen and oxygen atoms in total. The topological polar surface area (TPSA) is 43.8 Å². The van der Waals surface area contributed by atoms with Gasteiger partial charge in [-0.3, -0.25) is 4.90 Å². The van der Waals surface area contributed by atoms with E-state index in [0.717, 1.165) is 38.3 Å². The second kappa shape index (κ2) is 7.57. The molecular formula is C15H22N2O2S. The summed E-state index contributed by atoms with van der Waals surface area (Å²) >= 11 is 1.71. The molecule has 2 rings (SSSR count). The van der Waals surface area contributed by atoms with Crippen LogP contribution < -0.4 is 0 Å². The molecule has 1 aliphatic rings. The van der Waals surface area contributed by atoms with E-state index in [9.17, 15) is 4.79 Å². The first-order chi connectivity index (χ1) is 9.69. The molecular weight excluding hydrogens is 272 g/mol. The van der Waals surface area contributed by atoms with Crippen molar-refractivity contribution in [3.63, 3.8) is 0 Å². The number of nitrogens with zero attached hydrogens (tertiary/aromatic N) is 2. The molecule has 20 heavy (non-hydrogen) atoms. The van der Waals surface area contributed by atoms with E-state index in [2.05, 4.69) is 16.7 Å². The van der Waals surface area contributed by atoms with Crippen molar-refractivity contribution in [3.05, 3.63) is 28.0 Å². The number of carboxylic acids is 1. The highest BCUT2D eigenvalue weighted by molar-refractivity contribution is 7.10. The van der Waals surface area contributed by atoms with Gasteiger partial charge in [-0.05, 0) is 36.1 Å². The van der Waals surface area contributed by atoms with Crippen molar-refractivity contribution in [2.24, 2.45) is 0 Å². The van der Waals surface area contributed by atoms with Gasteiger partial charge in [-0.25, -0.2) is 4.79 Å². The van der Waals surface area contributed by atoms with Crippen LogP contribution in [0.1, 0.15) is 23.8 Å². The van der Waals surface area contributed by atoms with Crippen molar-refractivity contribution in [1.82, 2.24) is 9.80 Å². The van der Waals surface area contributed by atoms with Crippen LogP contribution in [0.15, 0.2) is 17.5 Å². The third-order valence-corrected chi connectivity index (χ3v) is 4.48. The highest BCUT2D eigenvalue weighted by atomic mass is 32.1. The SMILES string of the molecule is CCCN1CCN(Cc2sccc2C=CC(=O)O)CC1. The molecule has 1 saturated heterocycles. The lowest BCUT2D eigenvalue weighted by Crippen LogP contribution is -2.45. The fraction of sp³-hybridized carbons (Fsp3) is 0.533. The zero-order valence-corrected chi connectivity index (χ0v) is 12.7. The normalized spacial score (nSPS) is 17.9. The van der Waals surface area contributed by atoms with Gasteiger partial charge in [0.15, 0.2) is 0 Å². The van der Waals surface area contributed by atoms with Crippen molar-refractivity contribution in [1.29, 1.82) is 0 Å². The van der Waals surface area contributed by atoms with Gasteiger partial charge in [-0.1, -0.05) is 6.92 Å². The van der Waals surface area contributed by atoms with Crippen molar-refractivity contribution in [2.75, 3.05) is 32.7 Å². The van der Waals surface area contributed by atoms with E-state index in [4.69, 9.17) is 5.11 Å². The van der Waals surface area contributed by atoms with Crippen molar-refractivity contribution in [2.45, 2.75) is 19.9 Å². The van der Waals surface area contributed by atoms with Crippen LogP contribution in [0.3, 0.4) is 0 Å². The Hall–Kier alpha value is -1.17. The summed E-state index contributed by atoms with van der Waals surface area (Å²) in [5.41, 5.74) is 1.04. The summed E-state index contributed by atoms with van der Waals surface area (Å²) in [5.74, 6) is -0.893. The molecule has 0 atom stereocenters. The van der Waals surface area contributed by atoms with Gasteiger partial charge in [0.05, 0.1) is 0 Å². The first kappa shape index (κ1) is 15.2. The van der Waals surface area contributed by atoms with Crippen LogP contribution in [-0.2, 0) is 11.3 Å². The molecule has 0 aliphatic carbocycles. The van der Waals surface area contributed by atoms with E-state index in [1.54, 1.807) is 17.4 Å². The molecule has 0 radical (unpaired) electrons. The van der Waals surface area contributed by atoms with E-state index in [1.165, 1.54) is 23.9 Å². The molecule has 1 N–H and O–H groups in total. The maximum absolute atomic E-state index is 10.6. The van der Waals surface area contributed by atoms with Crippen LogP contribution in [0.2, 0.25) is 0 Å². The van der Waals surface area contributed by atoms with Crippen LogP contribution >= 0.6 is 11.3 Å². The molecule has 110 valence electrons. The molecule has 1 aromatic rings. The third-order valence-electron chi connectivity index (χ3n) is 3.56. The highest BCUT2D eigenvalue weighted by Gasteiger charge is 2.17. The fourth-order valence-electron chi connectivity index (χ4n) is 2.48. The molecule has 0 spiro atoms. The monoisotopic (exact) mass is 294 g/mol. The van der Waals surface area contributed by atoms with Gasteiger partial charge >= 0.3 is 5.97 Å². The second-order valence-corrected chi connectivity index (χ2v) is 6.09. The number of hydrogen-bond donors (Lipinski definition) is 1. The Morgan fingerprint density at radius 1 is 1.35 bits per heavy atom. The molecule has 1 aromatic heterocycles. The quantitative estimate of drug-likeness (QED) is 0.818. The van der Waals surface area contributed by atoms with Gasteiger partial charge in [-0.15, -0.1) is 11.3 Å². The number of carbonyl (C=O) groups is 1. The first-order valence-electron chi connectivity index (χ1n) is 7.11. The first-order valence-corrected chi connectivity index (χ1v) is 7.99. The number of carboxylic acid groups (broad SMARTS) is 1. The Balaban J connectivity index is 1.88. The molecule has 0 unspecified atom stereocenters. The molecule has 1 aliphatic heterocycles. The molecule has 0 bridgehead atoms. The molecule has 0 saturated carbocycles. The van der Waals surface area contributed by atoms with E-state index < -0.39 is 5.97 Å². The van der Waals surface area contributed by atoms with E-state index >= 15 is 0 Å². The maximum Gasteiger partial charge on any atom is 0.328 e. The summed E-state index contributed by atoms with van der Waals surface area (Å²) in [4.78, 5) is 16.8. The van der Waals surface area contributed by atoms with Gasteiger partial charge in [-0.2, -0.15) is 0 Å². The summed E-state index contributed by atoms with van der Waals surface area (Å²) in [6.07, 6.45) is 4.13. The Kier molecular flexibility index (Phi) is 5.76. The van der Waals surface area contributed by atoms with Crippen molar-refractivity contribution < 1.29 is 9.90 Å². The van der Waals surface area contributed by atoms with Crippen molar-refractivity contribution in [3.8, 4) is 0 Å². The predicted molar refractivity (Wildman–Crippen MR) is 83.0 cm³/mol. The molecule has 1 fully saturated rings. The number of rotatable bonds is 6. The predicted octanol–water partition coefficient (Wildman–Crippen LogP) is 2.37. The minimum Gasteiger partial charge on any atom is -0.478 e. The van der Waals surface area contributed by atoms with E-state index in [-0.39, 0.29) is 0 Å². The lowest BCUT2D eigenvalue weighted by Gasteiger charge is -2.34. The fourth-order valence-corrected chi connectivity index (χ4v) is 3.39. The van der Waals surface area contributed by atoms with Gasteiger partial charge in [0.2, 0.25) is 0 Å². The number of hydrogen-bond acceptors (Lipinski definition) is 4. The largest absolute Gasteiger partial charge is 0.478 e. The number of aliphatic carboxylic acids is 1. The summed E-state index contributed by atoms with van der Waals surface area (Å²) < 4.78 is 0. The maximum atomic E-state index is 10.6. The molecule has 0 amide bonds. The Morgan fingerprint density at radius 2 is 2.05 bits per heavy atom. The highest BCUT2D eigenvalue weighted by Crippen LogP contribution is 2.21. The summed E-state index contributed by atoms with van der Waals surface area (Å²) in [5, 5.41) is 10.7. The lowest BCUT2D eigenvalue weighted by atomic mass is 10.2. The smallest absolute Gasteiger partial charge is 0.328 e. The average Bonchev–Trinajstić information content (AvgIpc) is 2.86. The molecule has 0 aromatic carbocycles. The van der Waals surface area contributed by atoms with Crippen LogP contribution in [0.4, 0.5) is 0 Å². The van der Waals surface area contributed by atoms with E-state index in [0.29, 0.717) is 0 Å². The standard InChI is InChI=1S/C15H22N2O2S/c1-2-6-16-7-9-17(10-8-16)12-14-13(5-11-20-14)3-4-15(18)19/h3-5,11H,2,6-10,12H2,1H3,(H,18,19). The van der Waals surface area contributed by atoms with Gasteiger partial charge in [0, 0.05) is 43.7 Å². The van der Waals surface area contributed by atoms with Gasteiger partial charge < -0.3 is 10.0 Å². The van der Waals surface area contributed by atoms with Gasteiger partial charge in [0.1, 0.15) is 0 Å². The zero-order valence-electron chi connectivity index (χ0n) is 11.9. The Bertz CT molecular complexity index is 462.